The van der Waals surface area contributed by atoms with Crippen molar-refractivity contribution in [1.29, 1.82) is 0 Å². The van der Waals surface area contributed by atoms with E-state index in [-0.39, 0.29) is 23.6 Å². The number of carbonyl (C=O) groups is 1. The summed E-state index contributed by atoms with van der Waals surface area (Å²) in [5.41, 5.74) is 0.133. The molecule has 1 saturated heterocycles. The summed E-state index contributed by atoms with van der Waals surface area (Å²) in [4.78, 5) is 23.4. The molecule has 0 spiro atoms. The number of aliphatic hydroxyl groups is 1. The van der Waals surface area contributed by atoms with Gasteiger partial charge in [0.25, 0.3) is 11.8 Å². The van der Waals surface area contributed by atoms with Crippen molar-refractivity contribution in [2.75, 3.05) is 30.4 Å². The fraction of sp³-hybridized carbons (Fsp3) is 0.267. The van der Waals surface area contributed by atoms with Gasteiger partial charge < -0.3 is 19.2 Å². The van der Waals surface area contributed by atoms with Gasteiger partial charge >= 0.3 is 6.01 Å². The number of amides is 1. The van der Waals surface area contributed by atoms with E-state index in [9.17, 15) is 9.90 Å². The van der Waals surface area contributed by atoms with Crippen LogP contribution in [0.2, 0.25) is 0 Å². The highest BCUT2D eigenvalue weighted by molar-refractivity contribution is 7.13. The molecule has 1 fully saturated rings. The number of hydrogen-bond acceptors (Lipinski definition) is 10. The van der Waals surface area contributed by atoms with Crippen molar-refractivity contribution in [2.45, 2.75) is 6.10 Å². The number of nitrogens with one attached hydrogen (secondary N) is 1. The van der Waals surface area contributed by atoms with Crippen LogP contribution in [0, 0.1) is 0 Å². The summed E-state index contributed by atoms with van der Waals surface area (Å²) >= 11 is 1.45. The molecule has 0 bridgehead atoms. The number of ether oxygens (including phenoxy) is 1. The average molecular weight is 374 g/mol. The average Bonchev–Trinajstić information content (AvgIpc) is 3.29. The third-order valence-electron chi connectivity index (χ3n) is 3.70. The number of aliphatic hydroxyl groups excluding tert-OH is 1. The first-order valence-corrected chi connectivity index (χ1v) is 8.55. The second-order valence-electron chi connectivity index (χ2n) is 5.50. The van der Waals surface area contributed by atoms with Crippen molar-refractivity contribution in [3.05, 3.63) is 29.3 Å². The van der Waals surface area contributed by atoms with E-state index in [0.29, 0.717) is 24.9 Å². The predicted octanol–water partition coefficient (Wildman–Crippen LogP) is 1.03. The molecular weight excluding hydrogens is 360 g/mol. The highest BCUT2D eigenvalue weighted by Crippen LogP contribution is 2.26. The number of methoxy groups -OCH3 is 1. The molecule has 0 saturated carbocycles. The monoisotopic (exact) mass is 374 g/mol. The van der Waals surface area contributed by atoms with Gasteiger partial charge in [-0.05, 0) is 11.4 Å². The Hall–Kier alpha value is -3.05. The van der Waals surface area contributed by atoms with Crippen LogP contribution in [0.25, 0.3) is 10.8 Å². The van der Waals surface area contributed by atoms with Crippen LogP contribution in [-0.4, -0.2) is 57.5 Å². The normalized spacial score (nSPS) is 14.2. The molecule has 1 aliphatic heterocycles. The van der Waals surface area contributed by atoms with Gasteiger partial charge in [0.2, 0.25) is 11.8 Å². The Morgan fingerprint density at radius 3 is 3.00 bits per heavy atom. The predicted molar refractivity (Wildman–Crippen MR) is 92.4 cm³/mol. The van der Waals surface area contributed by atoms with Crippen molar-refractivity contribution in [3.8, 4) is 16.6 Å². The fourth-order valence-electron chi connectivity index (χ4n) is 2.38. The van der Waals surface area contributed by atoms with Crippen LogP contribution in [0.1, 0.15) is 10.4 Å². The summed E-state index contributed by atoms with van der Waals surface area (Å²) in [6.45, 7) is 0.893. The zero-order valence-corrected chi connectivity index (χ0v) is 14.4. The van der Waals surface area contributed by atoms with Gasteiger partial charge in [0, 0.05) is 19.3 Å². The first kappa shape index (κ1) is 16.4. The number of rotatable bonds is 5. The van der Waals surface area contributed by atoms with Crippen molar-refractivity contribution < 1.29 is 19.1 Å². The van der Waals surface area contributed by atoms with E-state index in [1.807, 2.05) is 17.5 Å². The quantitative estimate of drug-likeness (QED) is 0.673. The Kier molecular flexibility index (Phi) is 4.22. The SMILES string of the molecule is COc1nc(N2CC(O)C2)ncc1C(=O)Nc1nnc(-c2cccs2)o1. The van der Waals surface area contributed by atoms with Gasteiger partial charge in [-0.1, -0.05) is 11.2 Å². The zero-order valence-electron chi connectivity index (χ0n) is 13.6. The molecule has 2 N–H and O–H groups in total. The standard InChI is InChI=1S/C15H14N6O4S/c1-24-12-9(5-16-14(18-12)21-6-8(22)7-21)11(23)17-15-20-19-13(25-15)10-3-2-4-26-10/h2-5,8,22H,6-7H2,1H3,(H,17,20,23). The molecule has 3 aromatic heterocycles. The topological polar surface area (TPSA) is 127 Å². The van der Waals surface area contributed by atoms with Crippen molar-refractivity contribution in [1.82, 2.24) is 20.2 Å². The van der Waals surface area contributed by atoms with E-state index < -0.39 is 5.91 Å². The molecule has 1 amide bonds. The molecule has 0 atom stereocenters. The van der Waals surface area contributed by atoms with Crippen molar-refractivity contribution in [2.24, 2.45) is 0 Å². The Morgan fingerprint density at radius 2 is 2.31 bits per heavy atom. The van der Waals surface area contributed by atoms with Crippen LogP contribution in [0.5, 0.6) is 5.88 Å². The summed E-state index contributed by atoms with van der Waals surface area (Å²) in [7, 11) is 1.41. The van der Waals surface area contributed by atoms with Gasteiger partial charge in [-0.25, -0.2) is 4.98 Å². The number of aromatic nitrogens is 4. The van der Waals surface area contributed by atoms with E-state index in [1.165, 1.54) is 24.6 Å². The molecule has 10 nitrogen and oxygen atoms in total. The first-order chi connectivity index (χ1) is 12.6. The largest absolute Gasteiger partial charge is 0.480 e. The Morgan fingerprint density at radius 1 is 1.46 bits per heavy atom. The van der Waals surface area contributed by atoms with E-state index in [1.54, 1.807) is 4.90 Å². The maximum atomic E-state index is 12.5. The summed E-state index contributed by atoms with van der Waals surface area (Å²) in [6, 6.07) is 3.67. The van der Waals surface area contributed by atoms with Crippen LogP contribution in [-0.2, 0) is 0 Å². The molecule has 3 aromatic rings. The number of nitrogens with zero attached hydrogens (tertiary/aromatic N) is 5. The van der Waals surface area contributed by atoms with Gasteiger partial charge in [-0.15, -0.1) is 16.4 Å². The van der Waals surface area contributed by atoms with Gasteiger partial charge in [-0.3, -0.25) is 10.1 Å². The van der Waals surface area contributed by atoms with Crippen LogP contribution >= 0.6 is 11.3 Å². The molecule has 1 aliphatic rings. The van der Waals surface area contributed by atoms with E-state index in [2.05, 4.69) is 25.5 Å². The molecule has 0 unspecified atom stereocenters. The lowest BCUT2D eigenvalue weighted by Gasteiger charge is -2.35. The summed E-state index contributed by atoms with van der Waals surface area (Å²) in [6.07, 6.45) is 0.972. The molecular formula is C15H14N6O4S. The third kappa shape index (κ3) is 3.09. The first-order valence-electron chi connectivity index (χ1n) is 7.67. The number of carbonyl (C=O) groups excluding carboxylic acids is 1. The van der Waals surface area contributed by atoms with Crippen molar-refractivity contribution in [3.63, 3.8) is 0 Å². The smallest absolute Gasteiger partial charge is 0.322 e. The Labute approximate surface area is 151 Å². The van der Waals surface area contributed by atoms with Gasteiger partial charge in [0.05, 0.1) is 18.1 Å². The van der Waals surface area contributed by atoms with E-state index in [4.69, 9.17) is 9.15 Å². The molecule has 0 aromatic carbocycles. The molecule has 26 heavy (non-hydrogen) atoms. The third-order valence-corrected chi connectivity index (χ3v) is 4.56. The second-order valence-corrected chi connectivity index (χ2v) is 6.44. The van der Waals surface area contributed by atoms with Crippen molar-refractivity contribution >= 4 is 29.2 Å². The minimum Gasteiger partial charge on any atom is -0.480 e. The van der Waals surface area contributed by atoms with Crippen LogP contribution in [0.4, 0.5) is 12.0 Å². The molecule has 134 valence electrons. The second kappa shape index (κ2) is 6.69. The van der Waals surface area contributed by atoms with Gasteiger partial charge in [-0.2, -0.15) is 4.98 Å². The Bertz CT molecular complexity index is 922. The number of anilines is 2. The molecule has 0 aliphatic carbocycles. The minimum absolute atomic E-state index is 0.0320. The highest BCUT2D eigenvalue weighted by atomic mass is 32.1. The summed E-state index contributed by atoms with van der Waals surface area (Å²) in [5, 5.41) is 21.5. The number of β-amino-alcohol motifs (C(OH)–C–C–N with tert-alkyl or cyclic N) is 1. The lowest BCUT2D eigenvalue weighted by molar-refractivity contribution is 0.101. The highest BCUT2D eigenvalue weighted by Gasteiger charge is 2.28. The molecule has 4 rings (SSSR count). The van der Waals surface area contributed by atoms with Crippen LogP contribution in [0.3, 0.4) is 0 Å². The Balaban J connectivity index is 1.51. The minimum atomic E-state index is -0.529. The number of thiophene rings is 1. The summed E-state index contributed by atoms with van der Waals surface area (Å²) < 4.78 is 10.6. The zero-order chi connectivity index (χ0) is 18.1. The van der Waals surface area contributed by atoms with Gasteiger partial charge in [0.1, 0.15) is 5.56 Å². The van der Waals surface area contributed by atoms with Gasteiger partial charge in [0.15, 0.2) is 0 Å². The van der Waals surface area contributed by atoms with E-state index in [0.717, 1.165) is 4.88 Å². The molecule has 4 heterocycles. The molecule has 11 heteroatoms. The number of hydrogen-bond donors (Lipinski definition) is 2. The van der Waals surface area contributed by atoms with E-state index >= 15 is 0 Å². The van der Waals surface area contributed by atoms with Crippen LogP contribution < -0.4 is 15.0 Å². The fourth-order valence-corrected chi connectivity index (χ4v) is 3.02. The maximum absolute atomic E-state index is 12.5. The lowest BCUT2D eigenvalue weighted by atomic mass is 10.2. The van der Waals surface area contributed by atoms with Crippen LogP contribution in [0.15, 0.2) is 28.1 Å². The maximum Gasteiger partial charge on any atom is 0.322 e. The molecule has 0 radical (unpaired) electrons. The summed E-state index contributed by atoms with van der Waals surface area (Å²) in [5.74, 6) is 0.303. The lowest BCUT2D eigenvalue weighted by Crippen LogP contribution is -2.51.